The highest BCUT2D eigenvalue weighted by Gasteiger charge is 2.03. The van der Waals surface area contributed by atoms with E-state index in [1.807, 2.05) is 0 Å². The maximum atomic E-state index is 5.64. The van der Waals surface area contributed by atoms with Crippen LogP contribution >= 0.6 is 0 Å². The highest BCUT2D eigenvalue weighted by molar-refractivity contribution is 5.80. The van der Waals surface area contributed by atoms with E-state index in [1.165, 1.54) is 0 Å². The van der Waals surface area contributed by atoms with Crippen LogP contribution in [-0.2, 0) is 9.47 Å². The highest BCUT2D eigenvalue weighted by atomic mass is 16.5. The second-order valence-electron chi connectivity index (χ2n) is 8.56. The number of nitrogens with zero attached hydrogens (tertiary/aromatic N) is 2. The summed E-state index contributed by atoms with van der Waals surface area (Å²) in [5.74, 6) is 1.73. The van der Waals surface area contributed by atoms with Crippen molar-refractivity contribution in [1.29, 1.82) is 0 Å². The van der Waals surface area contributed by atoms with Crippen LogP contribution in [0.25, 0.3) is 0 Å². The molecule has 0 spiro atoms. The molecule has 0 saturated carbocycles. The second kappa shape index (κ2) is 18.2. The van der Waals surface area contributed by atoms with Gasteiger partial charge in [-0.3, -0.25) is 9.98 Å². The third kappa shape index (κ3) is 19.8. The molecule has 0 aliphatic carbocycles. The Labute approximate surface area is 185 Å². The molecule has 0 atom stereocenters. The van der Waals surface area contributed by atoms with Gasteiger partial charge in [-0.2, -0.15) is 0 Å². The van der Waals surface area contributed by atoms with E-state index in [0.717, 1.165) is 37.9 Å². The van der Waals surface area contributed by atoms with Crippen molar-refractivity contribution in [2.24, 2.45) is 9.98 Å². The van der Waals surface area contributed by atoms with Crippen molar-refractivity contribution in [3.05, 3.63) is 0 Å². The second-order valence-corrected chi connectivity index (χ2v) is 8.56. The number of rotatable bonds is 15. The van der Waals surface area contributed by atoms with E-state index in [1.54, 1.807) is 0 Å². The van der Waals surface area contributed by atoms with Crippen LogP contribution in [0.2, 0.25) is 0 Å². The summed E-state index contributed by atoms with van der Waals surface area (Å²) in [7, 11) is 0. The lowest BCUT2D eigenvalue weighted by atomic mass is 10.4. The Bertz CT molecular complexity index is 453. The van der Waals surface area contributed by atoms with Gasteiger partial charge in [0.05, 0.1) is 13.2 Å². The smallest absolute Gasteiger partial charge is 0.191 e. The van der Waals surface area contributed by atoms with Crippen molar-refractivity contribution in [2.75, 3.05) is 39.5 Å². The summed E-state index contributed by atoms with van der Waals surface area (Å²) in [6, 6.07) is 1.35. The molecule has 0 aromatic rings. The van der Waals surface area contributed by atoms with Crippen LogP contribution < -0.4 is 21.3 Å². The van der Waals surface area contributed by atoms with Crippen LogP contribution in [0.1, 0.15) is 68.2 Å². The number of hydrogen-bond acceptors (Lipinski definition) is 4. The standard InChI is InChI=1S/C22H48N6O2/c1-17(2)25-21(26-18(3)4)23-11-9-13-29-15-16-30-14-10-12-24-22(27-19(5)6)28-20(7)8/h17-20H,9-16H2,1-8H3,(H2,23,25,26)(H2,24,27,28). The summed E-state index contributed by atoms with van der Waals surface area (Å²) in [6.45, 7) is 21.0. The molecule has 178 valence electrons. The topological polar surface area (TPSA) is 91.3 Å². The number of nitrogens with one attached hydrogen (secondary N) is 4. The molecule has 0 radical (unpaired) electrons. The SMILES string of the molecule is CC(C)N=C(NCCCOCCOCCCN=C(NC(C)C)NC(C)C)NC(C)C. The van der Waals surface area contributed by atoms with Gasteiger partial charge in [0, 0.05) is 50.5 Å². The van der Waals surface area contributed by atoms with Gasteiger partial charge in [-0.05, 0) is 68.2 Å². The molecule has 0 amide bonds. The van der Waals surface area contributed by atoms with Crippen LogP contribution in [0.15, 0.2) is 9.98 Å². The number of ether oxygens (including phenoxy) is 2. The van der Waals surface area contributed by atoms with Gasteiger partial charge < -0.3 is 30.7 Å². The van der Waals surface area contributed by atoms with Crippen LogP contribution in [0.4, 0.5) is 0 Å². The summed E-state index contributed by atoms with van der Waals surface area (Å²) in [5, 5.41) is 13.3. The lowest BCUT2D eigenvalue weighted by Crippen LogP contribution is -2.44. The minimum atomic E-state index is 0.266. The molecule has 0 aliphatic heterocycles. The molecule has 0 heterocycles. The van der Waals surface area contributed by atoms with Gasteiger partial charge in [0.15, 0.2) is 11.9 Å². The van der Waals surface area contributed by atoms with Crippen molar-refractivity contribution in [2.45, 2.75) is 92.4 Å². The molecule has 4 N–H and O–H groups in total. The first-order valence-corrected chi connectivity index (χ1v) is 11.5. The number of guanidine groups is 2. The Morgan fingerprint density at radius 2 is 1.17 bits per heavy atom. The lowest BCUT2D eigenvalue weighted by Gasteiger charge is -2.17. The van der Waals surface area contributed by atoms with Crippen LogP contribution in [0.5, 0.6) is 0 Å². The molecular formula is C22H48N6O2. The van der Waals surface area contributed by atoms with Gasteiger partial charge in [0.1, 0.15) is 0 Å². The Morgan fingerprint density at radius 1 is 0.667 bits per heavy atom. The highest BCUT2D eigenvalue weighted by Crippen LogP contribution is 1.90. The first-order valence-electron chi connectivity index (χ1n) is 11.5. The largest absolute Gasteiger partial charge is 0.379 e. The van der Waals surface area contributed by atoms with Gasteiger partial charge in [-0.1, -0.05) is 0 Å². The van der Waals surface area contributed by atoms with E-state index in [2.05, 4.69) is 86.6 Å². The molecule has 0 saturated heterocycles. The van der Waals surface area contributed by atoms with Gasteiger partial charge >= 0.3 is 0 Å². The van der Waals surface area contributed by atoms with E-state index in [4.69, 9.17) is 9.47 Å². The summed E-state index contributed by atoms with van der Waals surface area (Å²) >= 11 is 0. The predicted octanol–water partition coefficient (Wildman–Crippen LogP) is 2.50. The molecule has 8 nitrogen and oxygen atoms in total. The van der Waals surface area contributed by atoms with Crippen molar-refractivity contribution in [3.8, 4) is 0 Å². The first-order chi connectivity index (χ1) is 14.2. The Morgan fingerprint density at radius 3 is 1.67 bits per heavy atom. The lowest BCUT2D eigenvalue weighted by molar-refractivity contribution is 0.0469. The molecular weight excluding hydrogens is 380 g/mol. The van der Waals surface area contributed by atoms with Gasteiger partial charge in [-0.25, -0.2) is 0 Å². The molecule has 0 aromatic heterocycles. The third-order valence-corrected chi connectivity index (χ3v) is 3.51. The van der Waals surface area contributed by atoms with E-state index in [0.29, 0.717) is 44.6 Å². The van der Waals surface area contributed by atoms with Crippen molar-refractivity contribution in [1.82, 2.24) is 21.3 Å². The fourth-order valence-corrected chi connectivity index (χ4v) is 2.41. The van der Waals surface area contributed by atoms with Crippen LogP contribution in [0, 0.1) is 0 Å². The zero-order valence-electron chi connectivity index (χ0n) is 20.7. The van der Waals surface area contributed by atoms with Crippen molar-refractivity contribution in [3.63, 3.8) is 0 Å². The monoisotopic (exact) mass is 428 g/mol. The first kappa shape index (κ1) is 28.5. The average molecular weight is 429 g/mol. The molecule has 0 aromatic carbocycles. The number of aliphatic imine (C=N–C) groups is 2. The van der Waals surface area contributed by atoms with Crippen LogP contribution in [-0.4, -0.2) is 75.6 Å². The normalized spacial score (nSPS) is 12.1. The zero-order chi connectivity index (χ0) is 22.8. The van der Waals surface area contributed by atoms with E-state index in [9.17, 15) is 0 Å². The average Bonchev–Trinajstić information content (AvgIpc) is 2.60. The van der Waals surface area contributed by atoms with Gasteiger partial charge in [0.25, 0.3) is 0 Å². The van der Waals surface area contributed by atoms with Crippen molar-refractivity contribution < 1.29 is 9.47 Å². The molecule has 0 aliphatic rings. The summed E-state index contributed by atoms with van der Waals surface area (Å²) < 4.78 is 11.3. The summed E-state index contributed by atoms with van der Waals surface area (Å²) in [5.41, 5.74) is 0. The zero-order valence-corrected chi connectivity index (χ0v) is 20.7. The molecule has 0 rings (SSSR count). The van der Waals surface area contributed by atoms with E-state index < -0.39 is 0 Å². The molecule has 0 bridgehead atoms. The predicted molar refractivity (Wildman–Crippen MR) is 129 cm³/mol. The Hall–Kier alpha value is -1.54. The van der Waals surface area contributed by atoms with Crippen LogP contribution in [0.3, 0.4) is 0 Å². The fourth-order valence-electron chi connectivity index (χ4n) is 2.41. The number of hydrogen-bond donors (Lipinski definition) is 4. The maximum Gasteiger partial charge on any atom is 0.191 e. The molecule has 8 heteroatoms. The minimum Gasteiger partial charge on any atom is -0.379 e. The summed E-state index contributed by atoms with van der Waals surface area (Å²) in [4.78, 5) is 9.14. The van der Waals surface area contributed by atoms with E-state index >= 15 is 0 Å². The molecule has 0 unspecified atom stereocenters. The maximum absolute atomic E-state index is 5.64. The third-order valence-electron chi connectivity index (χ3n) is 3.51. The summed E-state index contributed by atoms with van der Waals surface area (Å²) in [6.07, 6.45) is 1.83. The minimum absolute atomic E-state index is 0.266. The Balaban J connectivity index is 3.72. The Kier molecular flexibility index (Phi) is 17.3. The quantitative estimate of drug-likeness (QED) is 0.182. The molecule has 0 fully saturated rings. The fraction of sp³-hybridized carbons (Fsp3) is 0.909. The van der Waals surface area contributed by atoms with Crippen molar-refractivity contribution >= 4 is 11.9 Å². The molecule has 30 heavy (non-hydrogen) atoms. The van der Waals surface area contributed by atoms with E-state index in [-0.39, 0.29) is 6.04 Å². The van der Waals surface area contributed by atoms with Gasteiger partial charge in [-0.15, -0.1) is 0 Å². The van der Waals surface area contributed by atoms with Gasteiger partial charge in [0.2, 0.25) is 0 Å².